The zero-order chi connectivity index (χ0) is 30.4. The number of aromatic carboxylic acids is 2. The molecule has 0 fully saturated rings. The first kappa shape index (κ1) is 34.7. The van der Waals surface area contributed by atoms with Gasteiger partial charge >= 0.3 is 11.9 Å². The Kier molecular flexibility index (Phi) is 17.5. The van der Waals surface area contributed by atoms with Crippen molar-refractivity contribution in [3.05, 3.63) is 58.7 Å². The molecular formula is C38H50O4. The molecule has 0 saturated carbocycles. The molecular weight excluding hydrogens is 520 g/mol. The molecule has 2 N–H and O–H groups in total. The number of hydrogen-bond acceptors (Lipinski definition) is 2. The maximum absolute atomic E-state index is 11.9. The van der Waals surface area contributed by atoms with E-state index in [4.69, 9.17) is 0 Å². The van der Waals surface area contributed by atoms with Crippen LogP contribution in [-0.2, 0) is 0 Å². The third kappa shape index (κ3) is 14.4. The molecule has 0 unspecified atom stereocenters. The third-order valence-corrected chi connectivity index (χ3v) is 7.47. The Morgan fingerprint density at radius 2 is 0.833 bits per heavy atom. The van der Waals surface area contributed by atoms with Crippen molar-refractivity contribution >= 4 is 11.9 Å². The number of carbonyl (C=O) groups is 2. The topological polar surface area (TPSA) is 74.6 Å². The molecule has 2 rings (SSSR count). The highest BCUT2D eigenvalue weighted by atomic mass is 16.4. The van der Waals surface area contributed by atoms with E-state index in [2.05, 4.69) is 37.5 Å². The molecule has 0 amide bonds. The second-order valence-corrected chi connectivity index (χ2v) is 11.3. The molecule has 0 aliphatic rings. The summed E-state index contributed by atoms with van der Waals surface area (Å²) in [5, 5.41) is 19.4. The Bertz CT molecular complexity index is 1140. The molecule has 226 valence electrons. The van der Waals surface area contributed by atoms with Gasteiger partial charge in [0.05, 0.1) is 11.1 Å². The summed E-state index contributed by atoms with van der Waals surface area (Å²) in [4.78, 5) is 23.7. The van der Waals surface area contributed by atoms with Crippen molar-refractivity contribution in [3.63, 3.8) is 0 Å². The van der Waals surface area contributed by atoms with E-state index in [0.717, 1.165) is 38.5 Å². The molecule has 0 aliphatic carbocycles. The van der Waals surface area contributed by atoms with Crippen molar-refractivity contribution in [2.45, 2.75) is 129 Å². The van der Waals surface area contributed by atoms with Crippen LogP contribution in [0.5, 0.6) is 0 Å². The normalized spacial score (nSPS) is 10.4. The summed E-state index contributed by atoms with van der Waals surface area (Å²) in [6.45, 7) is 4.46. The van der Waals surface area contributed by atoms with Crippen LogP contribution in [-0.4, -0.2) is 22.2 Å². The van der Waals surface area contributed by atoms with Gasteiger partial charge in [-0.05, 0) is 60.4 Å². The lowest BCUT2D eigenvalue weighted by Gasteiger charge is -2.08. The predicted octanol–water partition coefficient (Wildman–Crippen LogP) is 10.5. The Labute approximate surface area is 254 Å². The van der Waals surface area contributed by atoms with E-state index >= 15 is 0 Å². The van der Waals surface area contributed by atoms with Crippen LogP contribution in [0, 0.1) is 23.7 Å². The lowest BCUT2D eigenvalue weighted by molar-refractivity contribution is 0.0686. The van der Waals surface area contributed by atoms with Gasteiger partial charge in [-0.15, -0.1) is 0 Å². The lowest BCUT2D eigenvalue weighted by atomic mass is 9.96. The van der Waals surface area contributed by atoms with Crippen LogP contribution in [0.25, 0.3) is 11.1 Å². The highest BCUT2D eigenvalue weighted by Crippen LogP contribution is 2.25. The Balaban J connectivity index is 2.07. The molecule has 2 aromatic rings. The minimum absolute atomic E-state index is 0.131. The fourth-order valence-corrected chi connectivity index (χ4v) is 5.00. The summed E-state index contributed by atoms with van der Waals surface area (Å²) < 4.78 is 0. The van der Waals surface area contributed by atoms with Crippen LogP contribution >= 0.6 is 0 Å². The van der Waals surface area contributed by atoms with E-state index in [1.54, 1.807) is 24.3 Å². The van der Waals surface area contributed by atoms with Gasteiger partial charge in [-0.25, -0.2) is 9.59 Å². The van der Waals surface area contributed by atoms with Gasteiger partial charge in [0.1, 0.15) is 0 Å². The minimum Gasteiger partial charge on any atom is -0.478 e. The average Bonchev–Trinajstić information content (AvgIpc) is 2.98. The Morgan fingerprint density at radius 1 is 0.500 bits per heavy atom. The SMILES string of the molecule is CCCCCCCCCCC#Cc1cc(C(=O)O)cc(-c2cc(C#CCCCCCCCCCC)cc(C(=O)O)c2)c1. The smallest absolute Gasteiger partial charge is 0.335 e. The molecule has 0 saturated heterocycles. The first-order valence-electron chi connectivity index (χ1n) is 16.2. The summed E-state index contributed by atoms with van der Waals surface area (Å²) in [6.07, 6.45) is 21.4. The Morgan fingerprint density at radius 3 is 1.17 bits per heavy atom. The van der Waals surface area contributed by atoms with E-state index < -0.39 is 11.9 Å². The molecule has 4 nitrogen and oxygen atoms in total. The maximum Gasteiger partial charge on any atom is 0.335 e. The first-order valence-corrected chi connectivity index (χ1v) is 16.2. The summed E-state index contributed by atoms with van der Waals surface area (Å²) in [5.74, 6) is 10.6. The molecule has 42 heavy (non-hydrogen) atoms. The molecule has 0 heterocycles. The molecule has 0 aromatic heterocycles. The Hall–Kier alpha value is -3.50. The molecule has 2 aromatic carbocycles. The zero-order valence-electron chi connectivity index (χ0n) is 25.9. The number of rotatable bonds is 19. The standard InChI is InChI=1S/C38H50O4/c1-3-5-7-9-11-13-15-17-19-21-23-31-25-33(29-35(27-31)37(39)40)34-26-32(28-36(30-34)38(41)42)24-22-20-18-16-14-12-10-8-6-4-2/h25-30H,3-20H2,1-2H3,(H,39,40)(H,41,42). The summed E-state index contributed by atoms with van der Waals surface area (Å²) >= 11 is 0. The fourth-order valence-electron chi connectivity index (χ4n) is 5.00. The molecule has 0 spiro atoms. The molecule has 4 heteroatoms. The predicted molar refractivity (Wildman–Crippen MR) is 174 cm³/mol. The van der Waals surface area contributed by atoms with Gasteiger partial charge in [-0.3, -0.25) is 0 Å². The van der Waals surface area contributed by atoms with Gasteiger partial charge in [0.15, 0.2) is 0 Å². The first-order chi connectivity index (χ1) is 20.4. The van der Waals surface area contributed by atoms with Crippen molar-refractivity contribution in [2.75, 3.05) is 0 Å². The van der Waals surface area contributed by atoms with Gasteiger partial charge in [-0.2, -0.15) is 0 Å². The summed E-state index contributed by atoms with van der Waals surface area (Å²) in [7, 11) is 0. The van der Waals surface area contributed by atoms with E-state index in [1.165, 1.54) is 77.0 Å². The molecule has 0 aliphatic heterocycles. The van der Waals surface area contributed by atoms with E-state index in [9.17, 15) is 19.8 Å². The van der Waals surface area contributed by atoms with Gasteiger partial charge < -0.3 is 10.2 Å². The fraction of sp³-hybridized carbons (Fsp3) is 0.526. The van der Waals surface area contributed by atoms with Crippen LogP contribution in [0.4, 0.5) is 0 Å². The van der Waals surface area contributed by atoms with Gasteiger partial charge in [-0.1, -0.05) is 127 Å². The summed E-state index contributed by atoms with van der Waals surface area (Å²) in [6, 6.07) is 9.99. The number of hydrogen-bond donors (Lipinski definition) is 2. The van der Waals surface area contributed by atoms with Crippen LogP contribution in [0.3, 0.4) is 0 Å². The quantitative estimate of drug-likeness (QED) is 0.130. The van der Waals surface area contributed by atoms with Gasteiger partial charge in [0.25, 0.3) is 0 Å². The van der Waals surface area contributed by atoms with Gasteiger partial charge in [0, 0.05) is 24.0 Å². The van der Waals surface area contributed by atoms with Crippen LogP contribution in [0.1, 0.15) is 161 Å². The number of carboxylic acid groups (broad SMARTS) is 2. The molecule has 0 atom stereocenters. The van der Waals surface area contributed by atoms with Crippen LogP contribution in [0.15, 0.2) is 36.4 Å². The van der Waals surface area contributed by atoms with Crippen molar-refractivity contribution in [2.24, 2.45) is 0 Å². The zero-order valence-corrected chi connectivity index (χ0v) is 25.9. The van der Waals surface area contributed by atoms with E-state index in [1.807, 2.05) is 12.1 Å². The number of carboxylic acids is 2. The largest absolute Gasteiger partial charge is 0.478 e. The highest BCUT2D eigenvalue weighted by Gasteiger charge is 2.12. The van der Waals surface area contributed by atoms with E-state index in [0.29, 0.717) is 22.3 Å². The monoisotopic (exact) mass is 570 g/mol. The van der Waals surface area contributed by atoms with Crippen LogP contribution in [0.2, 0.25) is 0 Å². The van der Waals surface area contributed by atoms with E-state index in [-0.39, 0.29) is 11.1 Å². The minimum atomic E-state index is -1.04. The van der Waals surface area contributed by atoms with Gasteiger partial charge in [0.2, 0.25) is 0 Å². The lowest BCUT2D eigenvalue weighted by Crippen LogP contribution is -2.00. The highest BCUT2D eigenvalue weighted by molar-refractivity contribution is 5.92. The third-order valence-electron chi connectivity index (χ3n) is 7.47. The van der Waals surface area contributed by atoms with Crippen LogP contribution < -0.4 is 0 Å². The second-order valence-electron chi connectivity index (χ2n) is 11.3. The van der Waals surface area contributed by atoms with Crippen molar-refractivity contribution in [3.8, 4) is 34.8 Å². The number of unbranched alkanes of at least 4 members (excludes halogenated alkanes) is 16. The summed E-state index contributed by atoms with van der Waals surface area (Å²) in [5.41, 5.74) is 2.75. The molecule has 0 radical (unpaired) electrons. The second kappa shape index (κ2) is 21.2. The van der Waals surface area contributed by atoms with Crippen molar-refractivity contribution in [1.29, 1.82) is 0 Å². The van der Waals surface area contributed by atoms with Crippen molar-refractivity contribution in [1.82, 2.24) is 0 Å². The number of benzene rings is 2. The van der Waals surface area contributed by atoms with Crippen molar-refractivity contribution < 1.29 is 19.8 Å². The average molecular weight is 571 g/mol. The maximum atomic E-state index is 11.9. The molecule has 0 bridgehead atoms.